The molecule has 2 heterocycles. The molecular formula is C25H27NO4S. The second-order valence-corrected chi connectivity index (χ2v) is 9.19. The van der Waals surface area contributed by atoms with Gasteiger partial charge in [-0.2, -0.15) is 0 Å². The Kier molecular flexibility index (Phi) is 7.40. The molecule has 0 fully saturated rings. The Hall–Kier alpha value is -2.78. The number of carbonyl (C=O) groups is 2. The minimum atomic E-state index is -0.386. The second kappa shape index (κ2) is 10.0. The highest BCUT2D eigenvalue weighted by Gasteiger charge is 2.35. The Morgan fingerprint density at radius 2 is 2.00 bits per heavy atom. The summed E-state index contributed by atoms with van der Waals surface area (Å²) in [5.41, 5.74) is 2.80. The van der Waals surface area contributed by atoms with E-state index in [0.29, 0.717) is 24.3 Å². The number of hydrogen-bond donors (Lipinski definition) is 0. The quantitative estimate of drug-likeness (QED) is 0.479. The fourth-order valence-electron chi connectivity index (χ4n) is 3.36. The highest BCUT2D eigenvalue weighted by atomic mass is 32.2. The van der Waals surface area contributed by atoms with Gasteiger partial charge in [0.2, 0.25) is 0 Å². The van der Waals surface area contributed by atoms with Crippen molar-refractivity contribution in [3.05, 3.63) is 58.9 Å². The first-order valence-electron chi connectivity index (χ1n) is 10.5. The highest BCUT2D eigenvalue weighted by molar-refractivity contribution is 7.99. The second-order valence-electron chi connectivity index (χ2n) is 7.99. The van der Waals surface area contributed by atoms with Gasteiger partial charge in [0, 0.05) is 29.5 Å². The maximum atomic E-state index is 11.9. The third-order valence-electron chi connectivity index (χ3n) is 4.97. The van der Waals surface area contributed by atoms with Gasteiger partial charge in [0.25, 0.3) is 0 Å². The summed E-state index contributed by atoms with van der Waals surface area (Å²) in [5, 5.41) is 0. The van der Waals surface area contributed by atoms with Crippen molar-refractivity contribution in [2.24, 2.45) is 0 Å². The van der Waals surface area contributed by atoms with Crippen LogP contribution in [-0.2, 0) is 19.7 Å². The van der Waals surface area contributed by atoms with E-state index >= 15 is 0 Å². The zero-order valence-corrected chi connectivity index (χ0v) is 19.2. The van der Waals surface area contributed by atoms with Crippen LogP contribution in [0.1, 0.15) is 74.1 Å². The summed E-state index contributed by atoms with van der Waals surface area (Å²) in [5.74, 6) is 5.69. The molecule has 0 aliphatic carbocycles. The van der Waals surface area contributed by atoms with Crippen molar-refractivity contribution in [1.29, 1.82) is 0 Å². The van der Waals surface area contributed by atoms with E-state index in [1.807, 2.05) is 19.1 Å². The number of ether oxygens (including phenoxy) is 2. The molecule has 0 amide bonds. The summed E-state index contributed by atoms with van der Waals surface area (Å²) in [7, 11) is 0. The Labute approximate surface area is 187 Å². The fraction of sp³-hybridized carbons (Fsp3) is 0.400. The Morgan fingerprint density at radius 1 is 1.19 bits per heavy atom. The molecule has 6 heteroatoms. The van der Waals surface area contributed by atoms with E-state index < -0.39 is 0 Å². The molecule has 0 radical (unpaired) electrons. The summed E-state index contributed by atoms with van der Waals surface area (Å²) >= 11 is 1.60. The number of esters is 2. The van der Waals surface area contributed by atoms with Crippen LogP contribution in [-0.4, -0.2) is 29.0 Å². The normalized spacial score (nSPS) is 16.5. The molecule has 1 aromatic carbocycles. The molecule has 0 bridgehead atoms. The van der Waals surface area contributed by atoms with Crippen LogP contribution in [0.2, 0.25) is 0 Å². The van der Waals surface area contributed by atoms with E-state index in [2.05, 4.69) is 36.7 Å². The number of pyridine rings is 1. The van der Waals surface area contributed by atoms with Crippen molar-refractivity contribution in [2.75, 3.05) is 6.61 Å². The van der Waals surface area contributed by atoms with Gasteiger partial charge in [0.05, 0.1) is 12.2 Å². The number of aromatic nitrogens is 1. The lowest BCUT2D eigenvalue weighted by molar-refractivity contribution is -0.145. The molecule has 1 aliphatic heterocycles. The molecule has 2 aromatic rings. The molecule has 162 valence electrons. The molecular weight excluding hydrogens is 410 g/mol. The van der Waals surface area contributed by atoms with Gasteiger partial charge in [-0.15, -0.1) is 0 Å². The smallest absolute Gasteiger partial charge is 0.339 e. The van der Waals surface area contributed by atoms with Crippen molar-refractivity contribution in [1.82, 2.24) is 4.98 Å². The summed E-state index contributed by atoms with van der Waals surface area (Å²) in [6, 6.07) is 9.50. The minimum Gasteiger partial charge on any atom is -0.462 e. The standard InChI is InChI=1S/C25H27NO4S/c1-5-7-22(27)30-23-15-25(3,4)20-14-17(9-13-21(20)31-23)8-11-19-12-10-18(16-26-19)24(28)29-6-2/h9-10,12-14,16,23H,5-7,15H2,1-4H3. The highest BCUT2D eigenvalue weighted by Crippen LogP contribution is 2.46. The van der Waals surface area contributed by atoms with Crippen molar-refractivity contribution in [3.63, 3.8) is 0 Å². The van der Waals surface area contributed by atoms with Gasteiger partial charge in [0.1, 0.15) is 5.69 Å². The van der Waals surface area contributed by atoms with E-state index in [4.69, 9.17) is 9.47 Å². The van der Waals surface area contributed by atoms with Gasteiger partial charge in [0.15, 0.2) is 5.44 Å². The zero-order chi connectivity index (χ0) is 22.4. The summed E-state index contributed by atoms with van der Waals surface area (Å²) in [4.78, 5) is 29.0. The number of fused-ring (bicyclic) bond motifs is 1. The van der Waals surface area contributed by atoms with Crippen LogP contribution in [0.15, 0.2) is 41.4 Å². The van der Waals surface area contributed by atoms with Crippen molar-refractivity contribution in [2.45, 2.75) is 62.7 Å². The molecule has 0 saturated carbocycles. The molecule has 3 rings (SSSR count). The monoisotopic (exact) mass is 437 g/mol. The third kappa shape index (κ3) is 5.89. The number of nitrogens with zero attached hydrogens (tertiary/aromatic N) is 1. The number of rotatable bonds is 5. The van der Waals surface area contributed by atoms with Crippen LogP contribution in [0.4, 0.5) is 0 Å². The van der Waals surface area contributed by atoms with Gasteiger partial charge in [-0.25, -0.2) is 9.78 Å². The topological polar surface area (TPSA) is 65.5 Å². The molecule has 0 saturated heterocycles. The maximum absolute atomic E-state index is 11.9. The van der Waals surface area contributed by atoms with Crippen molar-refractivity contribution >= 4 is 23.7 Å². The molecule has 1 unspecified atom stereocenters. The summed E-state index contributed by atoms with van der Waals surface area (Å²) in [6.45, 7) is 8.40. The number of hydrogen-bond acceptors (Lipinski definition) is 6. The average Bonchev–Trinajstić information content (AvgIpc) is 2.72. The van der Waals surface area contributed by atoms with Crippen LogP contribution in [0.25, 0.3) is 0 Å². The van der Waals surface area contributed by atoms with E-state index in [1.54, 1.807) is 30.8 Å². The molecule has 1 aliphatic rings. The van der Waals surface area contributed by atoms with Gasteiger partial charge in [-0.3, -0.25) is 4.79 Å². The van der Waals surface area contributed by atoms with Gasteiger partial charge in [-0.1, -0.05) is 38.5 Å². The van der Waals surface area contributed by atoms with Gasteiger partial charge < -0.3 is 9.47 Å². The lowest BCUT2D eigenvalue weighted by Crippen LogP contribution is -2.31. The first-order valence-corrected chi connectivity index (χ1v) is 11.4. The van der Waals surface area contributed by atoms with Gasteiger partial charge in [-0.05, 0) is 60.6 Å². The lowest BCUT2D eigenvalue weighted by Gasteiger charge is -2.36. The van der Waals surface area contributed by atoms with Crippen molar-refractivity contribution in [3.8, 4) is 11.8 Å². The summed E-state index contributed by atoms with van der Waals surface area (Å²) in [6.07, 6.45) is 3.48. The molecule has 0 spiro atoms. The molecule has 5 nitrogen and oxygen atoms in total. The molecule has 1 aromatic heterocycles. The predicted octanol–water partition coefficient (Wildman–Crippen LogP) is 5.10. The summed E-state index contributed by atoms with van der Waals surface area (Å²) < 4.78 is 10.6. The minimum absolute atomic E-state index is 0.130. The number of carbonyl (C=O) groups excluding carboxylic acids is 2. The zero-order valence-electron chi connectivity index (χ0n) is 18.4. The average molecular weight is 438 g/mol. The Balaban J connectivity index is 1.75. The van der Waals surface area contributed by atoms with Crippen molar-refractivity contribution < 1.29 is 19.1 Å². The van der Waals surface area contributed by atoms with E-state index in [1.165, 1.54) is 11.8 Å². The Bertz CT molecular complexity index is 1020. The van der Waals surface area contributed by atoms with Gasteiger partial charge >= 0.3 is 11.9 Å². The molecule has 1 atom stereocenters. The van der Waals surface area contributed by atoms with Crippen LogP contribution < -0.4 is 0 Å². The van der Waals surface area contributed by atoms with E-state index in [9.17, 15) is 9.59 Å². The van der Waals surface area contributed by atoms with E-state index in [-0.39, 0.29) is 22.8 Å². The largest absolute Gasteiger partial charge is 0.462 e. The predicted molar refractivity (Wildman–Crippen MR) is 121 cm³/mol. The SMILES string of the molecule is CCCC(=O)OC1CC(C)(C)c2cc(C#Cc3ccc(C(=O)OCC)cn3)ccc2S1. The maximum Gasteiger partial charge on any atom is 0.339 e. The van der Waals surface area contributed by atoms with Crippen LogP contribution in [0.5, 0.6) is 0 Å². The number of thioether (sulfide) groups is 1. The third-order valence-corrected chi connectivity index (χ3v) is 6.11. The first kappa shape index (κ1) is 22.9. The Morgan fingerprint density at radius 3 is 2.68 bits per heavy atom. The lowest BCUT2D eigenvalue weighted by atomic mass is 9.80. The van der Waals surface area contributed by atoms with E-state index in [0.717, 1.165) is 23.3 Å². The molecule has 0 N–H and O–H groups in total. The molecule has 31 heavy (non-hydrogen) atoms. The fourth-order valence-corrected chi connectivity index (χ4v) is 4.91. The first-order chi connectivity index (χ1) is 14.8. The van der Waals surface area contributed by atoms with Crippen LogP contribution in [0, 0.1) is 11.8 Å². The van der Waals surface area contributed by atoms with Crippen LogP contribution in [0.3, 0.4) is 0 Å². The number of benzene rings is 1. The van der Waals surface area contributed by atoms with Crippen LogP contribution >= 0.6 is 11.8 Å².